The molecule has 0 aliphatic carbocycles. The first kappa shape index (κ1) is 15.7. The molecule has 0 saturated carbocycles. The Morgan fingerprint density at radius 2 is 2.12 bits per heavy atom. The van der Waals surface area contributed by atoms with E-state index in [4.69, 9.17) is 4.74 Å². The highest BCUT2D eigenvalue weighted by molar-refractivity contribution is 6.10. The zero-order chi connectivity index (χ0) is 17.1. The first-order valence-corrected chi connectivity index (χ1v) is 7.25. The van der Waals surface area contributed by atoms with Crippen LogP contribution in [-0.2, 0) is 19.1 Å². The second-order valence-corrected chi connectivity index (χ2v) is 5.12. The minimum absolute atomic E-state index is 0.0812. The van der Waals surface area contributed by atoms with Crippen LogP contribution in [0.3, 0.4) is 0 Å². The minimum Gasteiger partial charge on any atom is -0.469 e. The number of fused-ring (bicyclic) bond motifs is 1. The second-order valence-electron chi connectivity index (χ2n) is 5.12. The zero-order valence-electron chi connectivity index (χ0n) is 12.9. The maximum atomic E-state index is 12.2. The summed E-state index contributed by atoms with van der Waals surface area (Å²) >= 11 is 0. The number of carbonyl (C=O) groups excluding carboxylic acids is 3. The summed E-state index contributed by atoms with van der Waals surface area (Å²) in [5.74, 6) is -1.19. The van der Waals surface area contributed by atoms with Crippen LogP contribution < -0.4 is 0 Å². The Morgan fingerprint density at radius 3 is 2.92 bits per heavy atom. The summed E-state index contributed by atoms with van der Waals surface area (Å²) in [6.07, 6.45) is 2.16. The van der Waals surface area contributed by atoms with Crippen molar-refractivity contribution in [3.63, 3.8) is 0 Å². The lowest BCUT2D eigenvalue weighted by molar-refractivity contribution is -0.141. The number of esters is 1. The average molecular weight is 326 g/mol. The molecule has 1 aliphatic rings. The molecule has 3 rings (SSSR count). The predicted molar refractivity (Wildman–Crippen MR) is 84.5 cm³/mol. The van der Waals surface area contributed by atoms with Gasteiger partial charge in [-0.1, -0.05) is 18.2 Å². The van der Waals surface area contributed by atoms with Crippen LogP contribution in [0, 0.1) is 0 Å². The van der Waals surface area contributed by atoms with Crippen LogP contribution in [-0.4, -0.2) is 41.5 Å². The van der Waals surface area contributed by atoms with Gasteiger partial charge in [-0.25, -0.2) is 9.69 Å². The molecule has 2 amide bonds. The van der Waals surface area contributed by atoms with E-state index < -0.39 is 18.0 Å². The summed E-state index contributed by atoms with van der Waals surface area (Å²) in [6.45, 7) is -0.0857. The van der Waals surface area contributed by atoms with E-state index in [0.717, 1.165) is 15.8 Å². The number of para-hydroxylation sites is 1. The van der Waals surface area contributed by atoms with Crippen molar-refractivity contribution in [2.45, 2.75) is 6.42 Å². The first-order chi connectivity index (χ1) is 11.6. The van der Waals surface area contributed by atoms with E-state index >= 15 is 0 Å². The summed E-state index contributed by atoms with van der Waals surface area (Å²) in [4.78, 5) is 40.3. The van der Waals surface area contributed by atoms with Gasteiger partial charge < -0.3 is 9.47 Å². The molecule has 0 radical (unpaired) electrons. The molecule has 0 unspecified atom stereocenters. The highest BCUT2D eigenvalue weighted by atomic mass is 16.6. The van der Waals surface area contributed by atoms with Crippen molar-refractivity contribution in [2.75, 3.05) is 13.7 Å². The standard InChI is InChI=1S/C17H14N2O5/c1-23-15(20)6-7-19-16(21)14(24-17(19)22)9-11-8-12-4-2-3-5-13(12)18-10-11/h2-5,8-10H,6-7H2,1H3/b14-9+. The molecule has 1 aromatic heterocycles. The fourth-order valence-electron chi connectivity index (χ4n) is 2.32. The smallest absolute Gasteiger partial charge is 0.422 e. The molecule has 0 N–H and O–H groups in total. The summed E-state index contributed by atoms with van der Waals surface area (Å²) < 4.78 is 9.48. The van der Waals surface area contributed by atoms with Crippen molar-refractivity contribution in [3.05, 3.63) is 47.9 Å². The van der Waals surface area contributed by atoms with Crippen LogP contribution in [0.5, 0.6) is 0 Å². The highest BCUT2D eigenvalue weighted by Gasteiger charge is 2.36. The van der Waals surface area contributed by atoms with E-state index in [9.17, 15) is 14.4 Å². The third-order valence-electron chi connectivity index (χ3n) is 3.55. The van der Waals surface area contributed by atoms with Gasteiger partial charge in [0.2, 0.25) is 0 Å². The SMILES string of the molecule is COC(=O)CCN1C(=O)O/C(=C/c2cnc3ccccc3c2)C1=O. The molecule has 7 heteroatoms. The lowest BCUT2D eigenvalue weighted by Gasteiger charge is -2.08. The van der Waals surface area contributed by atoms with Crippen molar-refractivity contribution in [1.82, 2.24) is 9.88 Å². The van der Waals surface area contributed by atoms with Crippen LogP contribution in [0.4, 0.5) is 4.79 Å². The van der Waals surface area contributed by atoms with Crippen molar-refractivity contribution in [2.24, 2.45) is 0 Å². The molecule has 1 aliphatic heterocycles. The molecule has 2 heterocycles. The molecule has 7 nitrogen and oxygen atoms in total. The Labute approximate surface area is 137 Å². The summed E-state index contributed by atoms with van der Waals surface area (Å²) in [5, 5.41) is 0.908. The van der Waals surface area contributed by atoms with E-state index in [-0.39, 0.29) is 18.7 Å². The molecule has 1 saturated heterocycles. The van der Waals surface area contributed by atoms with E-state index in [1.54, 1.807) is 6.20 Å². The van der Waals surface area contributed by atoms with Gasteiger partial charge in [-0.2, -0.15) is 0 Å². The number of benzene rings is 1. The molecule has 0 spiro atoms. The quantitative estimate of drug-likeness (QED) is 0.632. The van der Waals surface area contributed by atoms with Crippen molar-refractivity contribution in [3.8, 4) is 0 Å². The number of imide groups is 1. The van der Waals surface area contributed by atoms with Crippen LogP contribution in [0.2, 0.25) is 0 Å². The van der Waals surface area contributed by atoms with Gasteiger partial charge in [-0.05, 0) is 23.8 Å². The third-order valence-corrected chi connectivity index (χ3v) is 3.55. The fraction of sp³-hybridized carbons (Fsp3) is 0.176. The summed E-state index contributed by atoms with van der Waals surface area (Å²) in [5.41, 5.74) is 1.47. The molecule has 122 valence electrons. The van der Waals surface area contributed by atoms with Gasteiger partial charge in [0.1, 0.15) is 0 Å². The Bertz CT molecular complexity index is 859. The maximum Gasteiger partial charge on any atom is 0.422 e. The number of ether oxygens (including phenoxy) is 2. The van der Waals surface area contributed by atoms with E-state index in [1.165, 1.54) is 13.2 Å². The number of hydrogen-bond acceptors (Lipinski definition) is 6. The second kappa shape index (κ2) is 6.49. The third kappa shape index (κ3) is 3.10. The van der Waals surface area contributed by atoms with Crippen LogP contribution in [0.15, 0.2) is 42.3 Å². The lowest BCUT2D eigenvalue weighted by atomic mass is 10.1. The van der Waals surface area contributed by atoms with E-state index in [2.05, 4.69) is 9.72 Å². The van der Waals surface area contributed by atoms with Gasteiger partial charge in [0, 0.05) is 18.1 Å². The number of carbonyl (C=O) groups is 3. The summed E-state index contributed by atoms with van der Waals surface area (Å²) in [7, 11) is 1.24. The van der Waals surface area contributed by atoms with Crippen molar-refractivity contribution >= 4 is 34.9 Å². The van der Waals surface area contributed by atoms with Crippen LogP contribution >= 0.6 is 0 Å². The predicted octanol–water partition coefficient (Wildman–Crippen LogP) is 2.12. The molecule has 0 atom stereocenters. The van der Waals surface area contributed by atoms with Gasteiger partial charge >= 0.3 is 12.1 Å². The maximum absolute atomic E-state index is 12.2. The van der Waals surface area contributed by atoms with E-state index in [1.807, 2.05) is 30.3 Å². The number of amides is 2. The molecule has 0 bridgehead atoms. The van der Waals surface area contributed by atoms with Crippen LogP contribution in [0.1, 0.15) is 12.0 Å². The van der Waals surface area contributed by atoms with Crippen molar-refractivity contribution in [1.29, 1.82) is 0 Å². The number of rotatable bonds is 4. The first-order valence-electron chi connectivity index (χ1n) is 7.25. The Kier molecular flexibility index (Phi) is 4.24. The van der Waals surface area contributed by atoms with Gasteiger partial charge in [0.05, 0.1) is 19.0 Å². The molecule has 2 aromatic rings. The number of pyridine rings is 1. The molecular weight excluding hydrogens is 312 g/mol. The van der Waals surface area contributed by atoms with Gasteiger partial charge in [-0.15, -0.1) is 0 Å². The Balaban J connectivity index is 1.80. The number of cyclic esters (lactones) is 1. The zero-order valence-corrected chi connectivity index (χ0v) is 12.9. The monoisotopic (exact) mass is 326 g/mol. The minimum atomic E-state index is -0.802. The number of methoxy groups -OCH3 is 1. The normalized spacial score (nSPS) is 15.9. The van der Waals surface area contributed by atoms with Gasteiger partial charge in [0.25, 0.3) is 5.91 Å². The van der Waals surface area contributed by atoms with Gasteiger partial charge in [0.15, 0.2) is 5.76 Å². The number of nitrogens with zero attached hydrogens (tertiary/aromatic N) is 2. The molecule has 1 aromatic carbocycles. The molecule has 24 heavy (non-hydrogen) atoms. The Hall–Kier alpha value is -3.22. The molecule has 1 fully saturated rings. The van der Waals surface area contributed by atoms with Gasteiger partial charge in [-0.3, -0.25) is 14.6 Å². The number of aromatic nitrogens is 1. The van der Waals surface area contributed by atoms with Crippen molar-refractivity contribution < 1.29 is 23.9 Å². The topological polar surface area (TPSA) is 85.8 Å². The fourth-order valence-corrected chi connectivity index (χ4v) is 2.32. The largest absolute Gasteiger partial charge is 0.469 e. The summed E-state index contributed by atoms with van der Waals surface area (Å²) in [6, 6.07) is 9.38. The average Bonchev–Trinajstić information content (AvgIpc) is 2.86. The number of hydrogen-bond donors (Lipinski definition) is 0. The van der Waals surface area contributed by atoms with E-state index in [0.29, 0.717) is 5.56 Å². The highest BCUT2D eigenvalue weighted by Crippen LogP contribution is 2.21. The molecular formula is C17H14N2O5. The van der Waals surface area contributed by atoms with Crippen LogP contribution in [0.25, 0.3) is 17.0 Å². The lowest BCUT2D eigenvalue weighted by Crippen LogP contribution is -2.31. The Morgan fingerprint density at radius 1 is 1.33 bits per heavy atom.